The number of hydrogen-bond acceptors (Lipinski definition) is 5. The summed E-state index contributed by atoms with van der Waals surface area (Å²) in [5.74, 6) is -2.30. The quantitative estimate of drug-likeness (QED) is 0.573. The Bertz CT molecular complexity index is 359. The lowest BCUT2D eigenvalue weighted by atomic mass is 10.2. The molecule has 0 amide bonds. The van der Waals surface area contributed by atoms with Gasteiger partial charge in [0.05, 0.1) is 6.10 Å². The third-order valence-electron chi connectivity index (χ3n) is 1.99. The van der Waals surface area contributed by atoms with E-state index in [9.17, 15) is 22.0 Å². The van der Waals surface area contributed by atoms with Gasteiger partial charge in [0.1, 0.15) is 6.61 Å². The normalized spacial score (nSPS) is 22.1. The van der Waals surface area contributed by atoms with E-state index in [2.05, 4.69) is 4.74 Å². The first-order valence-corrected chi connectivity index (χ1v) is 5.83. The predicted octanol–water partition coefficient (Wildman–Crippen LogP) is 0.189. The average molecular weight is 260 g/mol. The summed E-state index contributed by atoms with van der Waals surface area (Å²) in [6.07, 6.45) is 0.767. The van der Waals surface area contributed by atoms with Crippen LogP contribution in [0, 0.1) is 0 Å². The van der Waals surface area contributed by atoms with Crippen LogP contribution in [-0.4, -0.2) is 43.5 Å². The number of carbonyl (C=O) groups excluding carboxylic acids is 1. The van der Waals surface area contributed by atoms with E-state index in [0.29, 0.717) is 13.0 Å². The Kier molecular flexibility index (Phi) is 3.81. The highest BCUT2D eigenvalue weighted by atomic mass is 32.2. The van der Waals surface area contributed by atoms with Gasteiger partial charge in [-0.25, -0.2) is 4.79 Å². The van der Waals surface area contributed by atoms with Crippen molar-refractivity contribution in [1.82, 2.24) is 0 Å². The third-order valence-corrected chi connectivity index (χ3v) is 2.80. The van der Waals surface area contributed by atoms with E-state index >= 15 is 0 Å². The first kappa shape index (κ1) is 13.3. The molecule has 0 radical (unpaired) electrons. The fourth-order valence-corrected chi connectivity index (χ4v) is 1.40. The van der Waals surface area contributed by atoms with Crippen LogP contribution in [0.1, 0.15) is 12.8 Å². The highest BCUT2D eigenvalue weighted by Gasteiger charge is 2.54. The largest absolute Gasteiger partial charge is 0.465 e. The van der Waals surface area contributed by atoms with Crippen molar-refractivity contribution in [2.75, 3.05) is 13.2 Å². The molecule has 0 aromatic carbocycles. The first-order chi connectivity index (χ1) is 7.25. The van der Waals surface area contributed by atoms with E-state index in [1.54, 1.807) is 0 Å². The van der Waals surface area contributed by atoms with Crippen molar-refractivity contribution in [2.24, 2.45) is 0 Å². The molecule has 94 valence electrons. The SMILES string of the molecule is O=C(OCC1CCCO1)C(F)(F)S(=O)(=O)O. The van der Waals surface area contributed by atoms with Gasteiger partial charge in [-0.05, 0) is 12.8 Å². The van der Waals surface area contributed by atoms with Crippen LogP contribution in [0.2, 0.25) is 0 Å². The maximum Gasteiger partial charge on any atom is 0.465 e. The lowest BCUT2D eigenvalue weighted by Crippen LogP contribution is -2.40. The second-order valence-corrected chi connectivity index (χ2v) is 4.69. The van der Waals surface area contributed by atoms with Gasteiger partial charge in [0, 0.05) is 6.61 Å². The molecular formula is C7H10F2O6S. The van der Waals surface area contributed by atoms with Crippen molar-refractivity contribution < 1.29 is 36.0 Å². The smallest absolute Gasteiger partial charge is 0.458 e. The van der Waals surface area contributed by atoms with Gasteiger partial charge in [0.2, 0.25) is 0 Å². The Morgan fingerprint density at radius 2 is 2.19 bits per heavy atom. The number of esters is 1. The van der Waals surface area contributed by atoms with Gasteiger partial charge in [-0.15, -0.1) is 0 Å². The molecule has 1 aliphatic heterocycles. The lowest BCUT2D eigenvalue weighted by molar-refractivity contribution is -0.164. The Morgan fingerprint density at radius 1 is 1.56 bits per heavy atom. The molecule has 1 atom stereocenters. The Hall–Kier alpha value is -0.800. The van der Waals surface area contributed by atoms with Crippen LogP contribution in [0.5, 0.6) is 0 Å². The van der Waals surface area contributed by atoms with Crippen molar-refractivity contribution in [3.05, 3.63) is 0 Å². The number of carbonyl (C=O) groups is 1. The van der Waals surface area contributed by atoms with Crippen molar-refractivity contribution in [3.8, 4) is 0 Å². The number of hydrogen-bond donors (Lipinski definition) is 1. The molecule has 0 saturated carbocycles. The van der Waals surface area contributed by atoms with Gasteiger partial charge in [0.15, 0.2) is 0 Å². The highest BCUT2D eigenvalue weighted by molar-refractivity contribution is 7.87. The van der Waals surface area contributed by atoms with Crippen molar-refractivity contribution >= 4 is 16.1 Å². The van der Waals surface area contributed by atoms with Crippen LogP contribution in [0.15, 0.2) is 0 Å². The Morgan fingerprint density at radius 3 is 2.62 bits per heavy atom. The zero-order valence-electron chi connectivity index (χ0n) is 8.06. The molecule has 0 bridgehead atoms. The molecule has 1 aliphatic rings. The molecule has 0 aromatic heterocycles. The van der Waals surface area contributed by atoms with Crippen LogP contribution in [-0.2, 0) is 24.4 Å². The summed E-state index contributed by atoms with van der Waals surface area (Å²) in [6, 6.07) is 0. The zero-order valence-corrected chi connectivity index (χ0v) is 8.87. The molecule has 0 aliphatic carbocycles. The number of ether oxygens (including phenoxy) is 2. The summed E-state index contributed by atoms with van der Waals surface area (Å²) in [6.45, 7) is -0.0130. The summed E-state index contributed by atoms with van der Waals surface area (Å²) in [4.78, 5) is 10.7. The van der Waals surface area contributed by atoms with Crippen LogP contribution < -0.4 is 0 Å². The fourth-order valence-electron chi connectivity index (χ4n) is 1.13. The summed E-state index contributed by atoms with van der Waals surface area (Å²) in [7, 11) is -5.80. The van der Waals surface area contributed by atoms with Crippen LogP contribution >= 0.6 is 0 Å². The third kappa shape index (κ3) is 2.86. The number of halogens is 2. The van der Waals surface area contributed by atoms with Crippen LogP contribution in [0.3, 0.4) is 0 Å². The van der Waals surface area contributed by atoms with Crippen LogP contribution in [0.4, 0.5) is 8.78 Å². The maximum absolute atomic E-state index is 12.6. The zero-order chi connectivity index (χ0) is 12.4. The van der Waals surface area contributed by atoms with Gasteiger partial charge in [-0.1, -0.05) is 0 Å². The topological polar surface area (TPSA) is 89.9 Å². The number of alkyl halides is 2. The van der Waals surface area contributed by atoms with E-state index in [1.165, 1.54) is 0 Å². The molecule has 1 rings (SSSR count). The van der Waals surface area contributed by atoms with E-state index < -0.39 is 34.1 Å². The summed E-state index contributed by atoms with van der Waals surface area (Å²) >= 11 is 0. The molecule has 9 heteroatoms. The molecular weight excluding hydrogens is 250 g/mol. The Balaban J connectivity index is 2.51. The summed E-state index contributed by atoms with van der Waals surface area (Å²) < 4.78 is 62.7. The van der Waals surface area contributed by atoms with Crippen molar-refractivity contribution in [3.63, 3.8) is 0 Å². The van der Waals surface area contributed by atoms with Gasteiger partial charge in [-0.2, -0.15) is 17.2 Å². The minimum absolute atomic E-state index is 0.441. The minimum atomic E-state index is -5.80. The molecule has 1 saturated heterocycles. The lowest BCUT2D eigenvalue weighted by Gasteiger charge is -2.14. The van der Waals surface area contributed by atoms with Gasteiger partial charge in [-0.3, -0.25) is 4.55 Å². The highest BCUT2D eigenvalue weighted by Crippen LogP contribution is 2.23. The van der Waals surface area contributed by atoms with Crippen LogP contribution in [0.25, 0.3) is 0 Å². The maximum atomic E-state index is 12.6. The van der Waals surface area contributed by atoms with Gasteiger partial charge in [0.25, 0.3) is 0 Å². The summed E-state index contributed by atoms with van der Waals surface area (Å²) in [5.41, 5.74) is 0. The van der Waals surface area contributed by atoms with Crippen molar-refractivity contribution in [1.29, 1.82) is 0 Å². The molecule has 1 N–H and O–H groups in total. The van der Waals surface area contributed by atoms with E-state index in [4.69, 9.17) is 9.29 Å². The molecule has 1 unspecified atom stereocenters. The second-order valence-electron chi connectivity index (χ2n) is 3.23. The first-order valence-electron chi connectivity index (χ1n) is 4.39. The molecule has 1 heterocycles. The standard InChI is InChI=1S/C7H10F2O6S/c8-7(9,16(11,12)13)6(10)15-4-5-2-1-3-14-5/h5H,1-4H2,(H,11,12,13). The minimum Gasteiger partial charge on any atom is -0.458 e. The molecule has 0 spiro atoms. The van der Waals surface area contributed by atoms with E-state index in [0.717, 1.165) is 6.42 Å². The average Bonchev–Trinajstić information content (AvgIpc) is 2.64. The Labute approximate surface area is 90.3 Å². The molecule has 16 heavy (non-hydrogen) atoms. The fraction of sp³-hybridized carbons (Fsp3) is 0.857. The van der Waals surface area contributed by atoms with E-state index in [1.807, 2.05) is 0 Å². The van der Waals surface area contributed by atoms with Gasteiger partial charge >= 0.3 is 21.3 Å². The van der Waals surface area contributed by atoms with Gasteiger partial charge < -0.3 is 9.47 Å². The summed E-state index contributed by atoms with van der Waals surface area (Å²) in [5, 5.41) is -4.94. The van der Waals surface area contributed by atoms with Crippen molar-refractivity contribution in [2.45, 2.75) is 24.2 Å². The second kappa shape index (κ2) is 4.60. The molecule has 1 fully saturated rings. The molecule has 0 aromatic rings. The van der Waals surface area contributed by atoms with E-state index in [-0.39, 0.29) is 0 Å². The monoisotopic (exact) mass is 260 g/mol. The molecule has 6 nitrogen and oxygen atoms in total. The predicted molar refractivity (Wildman–Crippen MR) is 46.4 cm³/mol. The number of rotatable bonds is 4.